The molecule has 22 heteroatoms. The lowest BCUT2D eigenvalue weighted by atomic mass is 9.73. The van der Waals surface area contributed by atoms with Gasteiger partial charge in [-0.05, 0) is 127 Å². The summed E-state index contributed by atoms with van der Waals surface area (Å²) in [5.41, 5.74) is 0.418. The summed E-state index contributed by atoms with van der Waals surface area (Å²) in [4.78, 5) is 49.9. The van der Waals surface area contributed by atoms with Crippen LogP contribution in [-0.2, 0) is 36.0 Å². The highest BCUT2D eigenvalue weighted by Crippen LogP contribution is 2.43. The number of sulfonamides is 1. The number of piperidine rings is 1. The Hall–Kier alpha value is -5.81. The zero-order valence-electron chi connectivity index (χ0n) is 44.7. The molecule has 3 fully saturated rings. The monoisotopic (exact) mass is 1170 g/mol. The van der Waals surface area contributed by atoms with E-state index >= 15 is 0 Å². The van der Waals surface area contributed by atoms with Crippen molar-refractivity contribution in [3.8, 4) is 0 Å². The molecular formula is C58H66ClF3N8O7S3. The summed E-state index contributed by atoms with van der Waals surface area (Å²) in [7, 11) is -11.0. The molecule has 4 aromatic carbocycles. The number of benzene rings is 4. The van der Waals surface area contributed by atoms with Crippen molar-refractivity contribution in [3.63, 3.8) is 0 Å². The fourth-order valence-electron chi connectivity index (χ4n) is 10.8. The normalized spacial score (nSPS) is 19.4. The Morgan fingerprint density at radius 2 is 1.50 bits per heavy atom. The van der Waals surface area contributed by atoms with Crippen LogP contribution in [0.1, 0.15) is 85.5 Å². The Labute approximate surface area is 475 Å². The molecule has 3 amide bonds. The van der Waals surface area contributed by atoms with Gasteiger partial charge in [-0.25, -0.2) is 21.6 Å². The third kappa shape index (κ3) is 14.8. The number of amides is 3. The molecule has 3 aliphatic heterocycles. The lowest BCUT2D eigenvalue weighted by molar-refractivity contribution is -0.134. The van der Waals surface area contributed by atoms with Crippen molar-refractivity contribution in [2.75, 3.05) is 81.4 Å². The van der Waals surface area contributed by atoms with Crippen molar-refractivity contribution < 1.29 is 44.4 Å². The molecule has 15 nitrogen and oxygen atoms in total. The van der Waals surface area contributed by atoms with E-state index in [1.54, 1.807) is 18.3 Å². The second-order valence-electron chi connectivity index (χ2n) is 21.7. The second-order valence-corrected chi connectivity index (χ2v) is 26.9. The van der Waals surface area contributed by atoms with Gasteiger partial charge in [-0.3, -0.25) is 34.5 Å². The van der Waals surface area contributed by atoms with Crippen LogP contribution >= 0.6 is 23.4 Å². The Morgan fingerprint density at radius 1 is 0.825 bits per heavy atom. The van der Waals surface area contributed by atoms with Gasteiger partial charge in [0.25, 0.3) is 25.8 Å². The van der Waals surface area contributed by atoms with Gasteiger partial charge < -0.3 is 15.1 Å². The Bertz CT molecular complexity index is 3280. The number of allylic oxidation sites excluding steroid dienone is 1. The molecule has 4 aliphatic rings. The van der Waals surface area contributed by atoms with Gasteiger partial charge in [0.15, 0.2) is 0 Å². The molecule has 1 aromatic heterocycles. The molecule has 426 valence electrons. The van der Waals surface area contributed by atoms with Gasteiger partial charge in [0.1, 0.15) is 4.90 Å². The van der Waals surface area contributed by atoms with Gasteiger partial charge >= 0.3 is 5.51 Å². The van der Waals surface area contributed by atoms with E-state index in [0.717, 1.165) is 80.3 Å². The summed E-state index contributed by atoms with van der Waals surface area (Å²) in [6.07, 6.45) is 5.94. The van der Waals surface area contributed by atoms with Crippen LogP contribution in [0.15, 0.2) is 136 Å². The number of anilines is 2. The van der Waals surface area contributed by atoms with E-state index < -0.39 is 58.7 Å². The highest BCUT2D eigenvalue weighted by molar-refractivity contribution is 7.99. The molecule has 3 saturated heterocycles. The third-order valence-electron chi connectivity index (χ3n) is 15.4. The summed E-state index contributed by atoms with van der Waals surface area (Å²) in [6, 6.07) is 29.4. The summed E-state index contributed by atoms with van der Waals surface area (Å²) in [5, 5.41) is 6.12. The number of imide groups is 1. The van der Waals surface area contributed by atoms with Crippen LogP contribution < -0.4 is 20.3 Å². The molecule has 0 radical (unpaired) electrons. The lowest BCUT2D eigenvalue weighted by Crippen LogP contribution is -2.47. The number of rotatable bonds is 19. The minimum atomic E-state index is -6.12. The average Bonchev–Trinajstić information content (AvgIpc) is 3.44. The summed E-state index contributed by atoms with van der Waals surface area (Å²) in [6.45, 7) is 12.5. The number of carbonyl (C=O) groups excluding carboxylic acids is 3. The smallest absolute Gasteiger partial charge is 0.380 e. The maximum atomic E-state index is 14.4. The molecule has 4 heterocycles. The first kappa shape index (κ1) is 58.8. The van der Waals surface area contributed by atoms with E-state index in [-0.39, 0.29) is 29.2 Å². The van der Waals surface area contributed by atoms with Crippen LogP contribution in [0.3, 0.4) is 0 Å². The number of nitrogens with zero attached hydrogens (tertiary/aromatic N) is 5. The van der Waals surface area contributed by atoms with Crippen molar-refractivity contribution in [2.24, 2.45) is 5.41 Å². The number of halogens is 4. The molecule has 2 atom stereocenters. The Kier molecular flexibility index (Phi) is 18.5. The predicted octanol–water partition coefficient (Wildman–Crippen LogP) is 9.23. The van der Waals surface area contributed by atoms with Crippen LogP contribution in [0.25, 0.3) is 5.57 Å². The first-order valence-electron chi connectivity index (χ1n) is 26.8. The van der Waals surface area contributed by atoms with Gasteiger partial charge in [-0.1, -0.05) is 67.4 Å². The molecule has 0 saturated carbocycles. The number of aromatic nitrogens is 1. The predicted molar refractivity (Wildman–Crippen MR) is 306 cm³/mol. The molecular weight excluding hydrogens is 1110 g/mol. The van der Waals surface area contributed by atoms with E-state index in [9.17, 15) is 44.4 Å². The molecule has 0 bridgehead atoms. The molecule has 1 unspecified atom stereocenters. The second kappa shape index (κ2) is 25.1. The van der Waals surface area contributed by atoms with Gasteiger partial charge in [0.05, 0.1) is 22.2 Å². The minimum Gasteiger partial charge on any atom is -0.380 e. The average molecular weight is 1180 g/mol. The summed E-state index contributed by atoms with van der Waals surface area (Å²) in [5.74, 6) is -1.82. The number of carbonyl (C=O) groups is 3. The first-order chi connectivity index (χ1) is 38.1. The minimum absolute atomic E-state index is 0.0187. The zero-order valence-corrected chi connectivity index (χ0v) is 47.9. The van der Waals surface area contributed by atoms with Crippen LogP contribution in [0, 0.1) is 5.41 Å². The standard InChI is InChI=1S/C58H66ClF3N8O7S3/c1-57(2)24-22-49(41-9-13-44(59)14-10-41)43(35-57)38-69-30-32-70(33-31-69)46-15-11-42(12-16-46)55(72)66-80(76,77)48-17-20-52(53(34-48)79(74,75)58(60,61)62)64-45(39-78-47-6-4-3-5-7-47)23-25-67-26-28-68(29-27-67)37-40-8-19-51(63-36-40)50-18-21-54(71)65-56(50)73/h3-17,19-20,34,36,45,50,64H,18,21-33,35,37-39H2,1-2H3,(H,66,72)(H,65,71,73)/t45-,50?/m1/s1. The fourth-order valence-corrected chi connectivity index (χ4v) is 13.9. The number of sulfone groups is 1. The van der Waals surface area contributed by atoms with Crippen LogP contribution in [-0.4, -0.2) is 137 Å². The van der Waals surface area contributed by atoms with Gasteiger partial charge in [-0.2, -0.15) is 13.2 Å². The van der Waals surface area contributed by atoms with E-state index in [4.69, 9.17) is 11.6 Å². The summed E-state index contributed by atoms with van der Waals surface area (Å²) >= 11 is 7.64. The van der Waals surface area contributed by atoms with E-state index in [1.165, 1.54) is 40.6 Å². The van der Waals surface area contributed by atoms with Crippen LogP contribution in [0.5, 0.6) is 0 Å². The molecule has 3 N–H and O–H groups in total. The summed E-state index contributed by atoms with van der Waals surface area (Å²) < 4.78 is 99.4. The van der Waals surface area contributed by atoms with Gasteiger partial charge in [-0.15, -0.1) is 11.8 Å². The number of nitrogens with one attached hydrogen (secondary N) is 3. The first-order valence-corrected chi connectivity index (χ1v) is 31.2. The van der Waals surface area contributed by atoms with Crippen molar-refractivity contribution >= 4 is 77.9 Å². The lowest BCUT2D eigenvalue weighted by Gasteiger charge is -2.39. The maximum absolute atomic E-state index is 14.4. The number of piperazine rings is 2. The van der Waals surface area contributed by atoms with Crippen molar-refractivity contribution in [2.45, 2.75) is 91.1 Å². The maximum Gasteiger partial charge on any atom is 0.501 e. The fraction of sp³-hybridized carbons (Fsp3) is 0.414. The highest BCUT2D eigenvalue weighted by Gasteiger charge is 2.48. The highest BCUT2D eigenvalue weighted by atomic mass is 35.5. The van der Waals surface area contributed by atoms with Crippen molar-refractivity contribution in [1.82, 2.24) is 29.7 Å². The molecule has 80 heavy (non-hydrogen) atoms. The van der Waals surface area contributed by atoms with Gasteiger partial charge in [0, 0.05) is 118 Å². The molecule has 1 aliphatic carbocycles. The van der Waals surface area contributed by atoms with E-state index in [2.05, 4.69) is 61.2 Å². The molecule has 9 rings (SSSR count). The van der Waals surface area contributed by atoms with Gasteiger partial charge in [0.2, 0.25) is 11.8 Å². The topological polar surface area (TPSA) is 181 Å². The van der Waals surface area contributed by atoms with Crippen molar-refractivity contribution in [3.05, 3.63) is 148 Å². The molecule has 0 spiro atoms. The van der Waals surface area contributed by atoms with E-state index in [0.29, 0.717) is 74.6 Å². The number of hydrogen-bond donors (Lipinski definition) is 3. The molecule has 5 aromatic rings. The number of pyridine rings is 1. The zero-order chi connectivity index (χ0) is 56.8. The van der Waals surface area contributed by atoms with Crippen molar-refractivity contribution in [1.29, 1.82) is 0 Å². The SMILES string of the molecule is CC1(C)CCC(c2ccc(Cl)cc2)=C(CN2CCN(c3ccc(C(=O)NS(=O)(=O)c4ccc(N[C@H](CCN5CCN(Cc6ccc(C7CCC(=O)NC7=O)nc6)CC5)CSc5ccccc5)c(S(=O)(=O)C(F)(F)F)c4)cc3)CC2)C1. The number of hydrogen-bond acceptors (Lipinski definition) is 14. The van der Waals surface area contributed by atoms with E-state index in [1.807, 2.05) is 59.3 Å². The Balaban J connectivity index is 0.826. The Morgan fingerprint density at radius 3 is 2.16 bits per heavy atom. The number of thioether (sulfide) groups is 1. The quantitative estimate of drug-likeness (QED) is 0.0526. The largest absolute Gasteiger partial charge is 0.501 e. The number of alkyl halides is 3. The van der Waals surface area contributed by atoms with Crippen LogP contribution in [0.2, 0.25) is 5.02 Å². The van der Waals surface area contributed by atoms with Crippen LogP contribution in [0.4, 0.5) is 24.5 Å². The third-order valence-corrected chi connectivity index (χ3v) is 19.7.